The van der Waals surface area contributed by atoms with Crippen molar-refractivity contribution in [2.24, 2.45) is 4.99 Å². The molecular formula is C20H23FN4O. The standard InChI is InChI=1S/C20H23FN4O/c1-13(12-25(2)3)23-16-7-5-15(6-8-16)22-11-18-17-10-14(21)4-9-19(17)24-20(18)26/h4-11,13,18,23H,12H2,1-3H3,(H,24,26). The lowest BCUT2D eigenvalue weighted by molar-refractivity contribution is -0.115. The zero-order valence-corrected chi connectivity index (χ0v) is 15.2. The smallest absolute Gasteiger partial charge is 0.237 e. The van der Waals surface area contributed by atoms with Gasteiger partial charge in [-0.3, -0.25) is 9.79 Å². The Morgan fingerprint density at radius 1 is 1.27 bits per heavy atom. The van der Waals surface area contributed by atoms with E-state index in [0.29, 0.717) is 17.3 Å². The quantitative estimate of drug-likeness (QED) is 0.779. The SMILES string of the molecule is CC(CN(C)C)Nc1ccc(N=CC2C(=O)Nc3ccc(F)cc32)cc1. The molecule has 0 bridgehead atoms. The van der Waals surface area contributed by atoms with Crippen LogP contribution in [0.1, 0.15) is 18.4 Å². The number of nitrogens with zero attached hydrogens (tertiary/aromatic N) is 2. The highest BCUT2D eigenvalue weighted by Gasteiger charge is 2.29. The van der Waals surface area contributed by atoms with Crippen LogP contribution < -0.4 is 10.6 Å². The summed E-state index contributed by atoms with van der Waals surface area (Å²) in [6, 6.07) is 12.3. The van der Waals surface area contributed by atoms with Gasteiger partial charge in [-0.2, -0.15) is 0 Å². The number of nitrogens with one attached hydrogen (secondary N) is 2. The van der Waals surface area contributed by atoms with Gasteiger partial charge in [-0.15, -0.1) is 0 Å². The average Bonchev–Trinajstić information content (AvgIpc) is 2.88. The van der Waals surface area contributed by atoms with Crippen molar-refractivity contribution in [2.75, 3.05) is 31.3 Å². The van der Waals surface area contributed by atoms with Crippen molar-refractivity contribution < 1.29 is 9.18 Å². The number of benzene rings is 2. The molecule has 3 rings (SSSR count). The molecule has 0 aliphatic carbocycles. The zero-order valence-electron chi connectivity index (χ0n) is 15.2. The molecule has 136 valence electrons. The Labute approximate surface area is 152 Å². The number of anilines is 2. The fraction of sp³-hybridized carbons (Fsp3) is 0.300. The van der Waals surface area contributed by atoms with E-state index in [0.717, 1.165) is 17.9 Å². The van der Waals surface area contributed by atoms with Crippen LogP contribution in [0, 0.1) is 5.82 Å². The van der Waals surface area contributed by atoms with Gasteiger partial charge in [0.1, 0.15) is 11.7 Å². The Morgan fingerprint density at radius 2 is 2.00 bits per heavy atom. The first-order chi connectivity index (χ1) is 12.4. The first kappa shape index (κ1) is 18.1. The highest BCUT2D eigenvalue weighted by atomic mass is 19.1. The van der Waals surface area contributed by atoms with E-state index in [2.05, 4.69) is 27.4 Å². The Balaban J connectivity index is 1.68. The van der Waals surface area contributed by atoms with Crippen LogP contribution in [-0.4, -0.2) is 43.7 Å². The molecule has 2 unspecified atom stereocenters. The van der Waals surface area contributed by atoms with E-state index < -0.39 is 5.92 Å². The van der Waals surface area contributed by atoms with Gasteiger partial charge in [0.15, 0.2) is 0 Å². The van der Waals surface area contributed by atoms with E-state index in [1.807, 2.05) is 38.4 Å². The van der Waals surface area contributed by atoms with Gasteiger partial charge in [-0.05, 0) is 69.0 Å². The third-order valence-corrected chi connectivity index (χ3v) is 4.18. The first-order valence-corrected chi connectivity index (χ1v) is 8.58. The van der Waals surface area contributed by atoms with Crippen LogP contribution in [0.3, 0.4) is 0 Å². The van der Waals surface area contributed by atoms with E-state index in [4.69, 9.17) is 0 Å². The van der Waals surface area contributed by atoms with E-state index in [9.17, 15) is 9.18 Å². The molecular weight excluding hydrogens is 331 g/mol. The number of aliphatic imine (C=N–C) groups is 1. The number of fused-ring (bicyclic) bond motifs is 1. The van der Waals surface area contributed by atoms with Crippen molar-refractivity contribution in [2.45, 2.75) is 18.9 Å². The lowest BCUT2D eigenvalue weighted by Gasteiger charge is -2.19. The summed E-state index contributed by atoms with van der Waals surface area (Å²) in [5, 5.41) is 6.17. The van der Waals surface area contributed by atoms with Gasteiger partial charge in [-0.25, -0.2) is 4.39 Å². The number of halogens is 1. The summed E-state index contributed by atoms with van der Waals surface area (Å²) in [4.78, 5) is 18.6. The molecule has 1 aliphatic heterocycles. The van der Waals surface area contributed by atoms with Crippen molar-refractivity contribution in [1.29, 1.82) is 0 Å². The van der Waals surface area contributed by atoms with Gasteiger partial charge < -0.3 is 15.5 Å². The lowest BCUT2D eigenvalue weighted by Crippen LogP contribution is -2.29. The second-order valence-corrected chi connectivity index (χ2v) is 6.83. The fourth-order valence-electron chi connectivity index (χ4n) is 3.09. The van der Waals surface area contributed by atoms with Crippen LogP contribution in [0.5, 0.6) is 0 Å². The number of carbonyl (C=O) groups excluding carboxylic acids is 1. The molecule has 0 aromatic heterocycles. The minimum atomic E-state index is -0.571. The summed E-state index contributed by atoms with van der Waals surface area (Å²) in [6.45, 7) is 3.06. The second-order valence-electron chi connectivity index (χ2n) is 6.83. The van der Waals surface area contributed by atoms with Crippen LogP contribution in [0.15, 0.2) is 47.5 Å². The highest BCUT2D eigenvalue weighted by molar-refractivity contribution is 6.12. The molecule has 0 spiro atoms. The monoisotopic (exact) mass is 354 g/mol. The molecule has 2 atom stereocenters. The van der Waals surface area contributed by atoms with Crippen LogP contribution in [0.25, 0.3) is 0 Å². The number of amides is 1. The Morgan fingerprint density at radius 3 is 2.69 bits per heavy atom. The number of hydrogen-bond acceptors (Lipinski definition) is 4. The fourth-order valence-corrected chi connectivity index (χ4v) is 3.09. The maximum absolute atomic E-state index is 13.5. The summed E-state index contributed by atoms with van der Waals surface area (Å²) >= 11 is 0. The van der Waals surface area contributed by atoms with Crippen LogP contribution in [0.2, 0.25) is 0 Å². The van der Waals surface area contributed by atoms with Gasteiger partial charge >= 0.3 is 0 Å². The highest BCUT2D eigenvalue weighted by Crippen LogP contribution is 2.32. The maximum atomic E-state index is 13.5. The maximum Gasteiger partial charge on any atom is 0.237 e. The van der Waals surface area contributed by atoms with E-state index >= 15 is 0 Å². The predicted molar refractivity (Wildman–Crippen MR) is 104 cm³/mol. The van der Waals surface area contributed by atoms with Crippen molar-refractivity contribution >= 4 is 29.2 Å². The third-order valence-electron chi connectivity index (χ3n) is 4.18. The summed E-state index contributed by atoms with van der Waals surface area (Å²) < 4.78 is 13.5. The summed E-state index contributed by atoms with van der Waals surface area (Å²) in [5.41, 5.74) is 3.02. The average molecular weight is 354 g/mol. The normalized spacial score (nSPS) is 17.4. The van der Waals surface area contributed by atoms with Gasteiger partial charge in [-0.1, -0.05) is 0 Å². The lowest BCUT2D eigenvalue weighted by atomic mass is 10.0. The minimum Gasteiger partial charge on any atom is -0.381 e. The number of carbonyl (C=O) groups is 1. The Kier molecular flexibility index (Phi) is 5.32. The number of likely N-dealkylation sites (N-methyl/N-ethyl adjacent to an activating group) is 1. The molecule has 1 heterocycles. The van der Waals surface area contributed by atoms with E-state index in [-0.39, 0.29) is 11.7 Å². The molecule has 1 amide bonds. The van der Waals surface area contributed by atoms with Gasteiger partial charge in [0.05, 0.1) is 5.69 Å². The largest absolute Gasteiger partial charge is 0.381 e. The molecule has 0 fully saturated rings. The van der Waals surface area contributed by atoms with Crippen LogP contribution in [-0.2, 0) is 4.79 Å². The zero-order chi connectivity index (χ0) is 18.7. The molecule has 0 saturated heterocycles. The van der Waals surface area contributed by atoms with Crippen molar-refractivity contribution in [3.05, 3.63) is 53.8 Å². The number of hydrogen-bond donors (Lipinski definition) is 2. The van der Waals surface area contributed by atoms with E-state index in [1.54, 1.807) is 12.3 Å². The third kappa shape index (κ3) is 4.26. The minimum absolute atomic E-state index is 0.190. The Hall–Kier alpha value is -2.73. The van der Waals surface area contributed by atoms with Crippen LogP contribution in [0.4, 0.5) is 21.5 Å². The van der Waals surface area contributed by atoms with Gasteiger partial charge in [0.2, 0.25) is 5.91 Å². The molecule has 5 nitrogen and oxygen atoms in total. The molecule has 2 N–H and O–H groups in total. The van der Waals surface area contributed by atoms with Crippen LogP contribution >= 0.6 is 0 Å². The molecule has 0 radical (unpaired) electrons. The molecule has 26 heavy (non-hydrogen) atoms. The summed E-state index contributed by atoms with van der Waals surface area (Å²) in [5.74, 6) is -1.12. The first-order valence-electron chi connectivity index (χ1n) is 8.58. The summed E-state index contributed by atoms with van der Waals surface area (Å²) in [6.07, 6.45) is 1.57. The molecule has 2 aromatic rings. The van der Waals surface area contributed by atoms with E-state index in [1.165, 1.54) is 12.1 Å². The number of rotatable bonds is 6. The topological polar surface area (TPSA) is 56.7 Å². The van der Waals surface area contributed by atoms with Crippen molar-refractivity contribution in [3.63, 3.8) is 0 Å². The molecule has 6 heteroatoms. The van der Waals surface area contributed by atoms with Crippen molar-refractivity contribution in [3.8, 4) is 0 Å². The molecule has 1 aliphatic rings. The Bertz CT molecular complexity index is 817. The molecule has 2 aromatic carbocycles. The van der Waals surface area contributed by atoms with Gasteiger partial charge in [0, 0.05) is 30.2 Å². The summed E-state index contributed by atoms with van der Waals surface area (Å²) in [7, 11) is 4.08. The second kappa shape index (κ2) is 7.66. The van der Waals surface area contributed by atoms with Gasteiger partial charge in [0.25, 0.3) is 0 Å². The predicted octanol–water partition coefficient (Wildman–Crippen LogP) is 3.63. The molecule has 0 saturated carbocycles. The van der Waals surface area contributed by atoms with Crippen molar-refractivity contribution in [1.82, 2.24) is 4.90 Å².